The molecule has 1 aliphatic heterocycles. The third-order valence-corrected chi connectivity index (χ3v) is 2.64. The van der Waals surface area contributed by atoms with Crippen LogP contribution in [0.2, 0.25) is 0 Å². The van der Waals surface area contributed by atoms with Gasteiger partial charge in [0.25, 0.3) is 0 Å². The summed E-state index contributed by atoms with van der Waals surface area (Å²) in [4.78, 5) is 0. The maximum absolute atomic E-state index is 5.30. The molecule has 0 radical (unpaired) electrons. The highest BCUT2D eigenvalue weighted by Gasteiger charge is 2.18. The Kier molecular flexibility index (Phi) is 2.64. The van der Waals surface area contributed by atoms with Gasteiger partial charge in [0.1, 0.15) is 5.76 Å². The van der Waals surface area contributed by atoms with Crippen molar-refractivity contribution in [3.8, 4) is 0 Å². The Labute approximate surface area is 78.5 Å². The number of aryl methyl sites for hydroxylation is 1. The predicted octanol–water partition coefficient (Wildman–Crippen LogP) is 1.70. The number of nitrogens with zero attached hydrogens (tertiary/aromatic N) is 1. The summed E-state index contributed by atoms with van der Waals surface area (Å²) < 4.78 is 5.30. The lowest BCUT2D eigenvalue weighted by Crippen LogP contribution is -2.28. The van der Waals surface area contributed by atoms with E-state index in [-0.39, 0.29) is 0 Å². The molecule has 1 fully saturated rings. The molecule has 1 N–H and O–H groups in total. The Balaban J connectivity index is 2.05. The molecule has 1 aromatic rings. The summed E-state index contributed by atoms with van der Waals surface area (Å²) in [5, 5.41) is 7.38. The molecule has 13 heavy (non-hydrogen) atoms. The van der Waals surface area contributed by atoms with E-state index < -0.39 is 0 Å². The first-order chi connectivity index (χ1) is 6.40. The SMILES string of the molecule is CCc1cc(C2CCCNC2)on1. The summed E-state index contributed by atoms with van der Waals surface area (Å²) in [7, 11) is 0. The third kappa shape index (κ3) is 1.91. The van der Waals surface area contributed by atoms with E-state index in [1.807, 2.05) is 0 Å². The number of piperidine rings is 1. The maximum atomic E-state index is 5.30. The van der Waals surface area contributed by atoms with Crippen LogP contribution in [0.4, 0.5) is 0 Å². The van der Waals surface area contributed by atoms with Crippen molar-refractivity contribution < 1.29 is 4.52 Å². The van der Waals surface area contributed by atoms with Gasteiger partial charge in [-0.05, 0) is 25.8 Å². The highest BCUT2D eigenvalue weighted by atomic mass is 16.5. The van der Waals surface area contributed by atoms with Crippen LogP contribution in [0.25, 0.3) is 0 Å². The molecule has 0 bridgehead atoms. The summed E-state index contributed by atoms with van der Waals surface area (Å²) in [6.07, 6.45) is 3.43. The fourth-order valence-corrected chi connectivity index (χ4v) is 1.78. The zero-order chi connectivity index (χ0) is 9.10. The van der Waals surface area contributed by atoms with Gasteiger partial charge in [-0.2, -0.15) is 0 Å². The molecule has 3 heteroatoms. The number of hydrogen-bond acceptors (Lipinski definition) is 3. The highest BCUT2D eigenvalue weighted by Crippen LogP contribution is 2.23. The van der Waals surface area contributed by atoms with Gasteiger partial charge >= 0.3 is 0 Å². The molecule has 1 atom stereocenters. The van der Waals surface area contributed by atoms with E-state index >= 15 is 0 Å². The molecule has 2 rings (SSSR count). The lowest BCUT2D eigenvalue weighted by molar-refractivity contribution is 0.327. The summed E-state index contributed by atoms with van der Waals surface area (Å²) in [5.74, 6) is 1.60. The minimum atomic E-state index is 0.543. The van der Waals surface area contributed by atoms with Crippen molar-refractivity contribution in [1.82, 2.24) is 10.5 Å². The summed E-state index contributed by atoms with van der Waals surface area (Å²) in [5.41, 5.74) is 1.07. The van der Waals surface area contributed by atoms with Crippen molar-refractivity contribution in [3.05, 3.63) is 17.5 Å². The predicted molar refractivity (Wildman–Crippen MR) is 50.7 cm³/mol. The Morgan fingerprint density at radius 2 is 2.62 bits per heavy atom. The minimum Gasteiger partial charge on any atom is -0.361 e. The first-order valence-corrected chi connectivity index (χ1v) is 5.06. The van der Waals surface area contributed by atoms with Crippen LogP contribution in [0.1, 0.15) is 37.1 Å². The number of hydrogen-bond donors (Lipinski definition) is 1. The van der Waals surface area contributed by atoms with E-state index in [9.17, 15) is 0 Å². The second kappa shape index (κ2) is 3.92. The van der Waals surface area contributed by atoms with E-state index in [1.165, 1.54) is 12.8 Å². The molecule has 0 aromatic carbocycles. The van der Waals surface area contributed by atoms with E-state index in [2.05, 4.69) is 23.5 Å². The van der Waals surface area contributed by atoms with Crippen molar-refractivity contribution in [2.75, 3.05) is 13.1 Å². The topological polar surface area (TPSA) is 38.1 Å². The van der Waals surface area contributed by atoms with Crippen LogP contribution in [0.15, 0.2) is 10.6 Å². The van der Waals surface area contributed by atoms with E-state index in [4.69, 9.17) is 4.52 Å². The molecule has 0 amide bonds. The maximum Gasteiger partial charge on any atom is 0.141 e. The standard InChI is InChI=1S/C10H16N2O/c1-2-9-6-10(13-12-9)8-4-3-5-11-7-8/h6,8,11H,2-5,7H2,1H3. The molecule has 1 unspecified atom stereocenters. The van der Waals surface area contributed by atoms with Crippen LogP contribution in [0.5, 0.6) is 0 Å². The van der Waals surface area contributed by atoms with Gasteiger partial charge in [0, 0.05) is 18.5 Å². The average Bonchev–Trinajstić information content (AvgIpc) is 2.67. The molecular weight excluding hydrogens is 164 g/mol. The van der Waals surface area contributed by atoms with Gasteiger partial charge in [-0.1, -0.05) is 12.1 Å². The minimum absolute atomic E-state index is 0.543. The molecule has 0 aliphatic carbocycles. The molecule has 0 spiro atoms. The third-order valence-electron chi connectivity index (χ3n) is 2.64. The van der Waals surface area contributed by atoms with Crippen molar-refractivity contribution in [3.63, 3.8) is 0 Å². The summed E-state index contributed by atoms with van der Waals surface area (Å²) in [6, 6.07) is 2.09. The monoisotopic (exact) mass is 180 g/mol. The Bertz CT molecular complexity index is 264. The van der Waals surface area contributed by atoms with E-state index in [1.54, 1.807) is 0 Å². The van der Waals surface area contributed by atoms with Crippen LogP contribution in [-0.2, 0) is 6.42 Å². The fourth-order valence-electron chi connectivity index (χ4n) is 1.78. The Morgan fingerprint density at radius 3 is 3.23 bits per heavy atom. The molecule has 2 heterocycles. The van der Waals surface area contributed by atoms with Crippen molar-refractivity contribution in [2.45, 2.75) is 32.1 Å². The van der Waals surface area contributed by atoms with Crippen LogP contribution in [0.3, 0.4) is 0 Å². The summed E-state index contributed by atoms with van der Waals surface area (Å²) in [6.45, 7) is 4.28. The van der Waals surface area contributed by atoms with Crippen LogP contribution in [0, 0.1) is 0 Å². The molecule has 3 nitrogen and oxygen atoms in total. The highest BCUT2D eigenvalue weighted by molar-refractivity contribution is 5.10. The zero-order valence-electron chi connectivity index (χ0n) is 8.05. The fraction of sp³-hybridized carbons (Fsp3) is 0.700. The Morgan fingerprint density at radius 1 is 1.69 bits per heavy atom. The van der Waals surface area contributed by atoms with Gasteiger partial charge in [0.05, 0.1) is 5.69 Å². The quantitative estimate of drug-likeness (QED) is 0.752. The lowest BCUT2D eigenvalue weighted by Gasteiger charge is -2.19. The van der Waals surface area contributed by atoms with Gasteiger partial charge in [-0.15, -0.1) is 0 Å². The molecular formula is C10H16N2O. The number of aromatic nitrogens is 1. The van der Waals surface area contributed by atoms with Gasteiger partial charge in [0.15, 0.2) is 0 Å². The van der Waals surface area contributed by atoms with Gasteiger partial charge < -0.3 is 9.84 Å². The van der Waals surface area contributed by atoms with E-state index in [0.29, 0.717) is 5.92 Å². The van der Waals surface area contributed by atoms with Gasteiger partial charge in [-0.3, -0.25) is 0 Å². The van der Waals surface area contributed by atoms with Crippen molar-refractivity contribution in [2.24, 2.45) is 0 Å². The van der Waals surface area contributed by atoms with E-state index in [0.717, 1.165) is 31.0 Å². The molecule has 1 aromatic heterocycles. The second-order valence-corrected chi connectivity index (χ2v) is 3.62. The molecule has 1 aliphatic rings. The van der Waals surface area contributed by atoms with Gasteiger partial charge in [0.2, 0.25) is 0 Å². The zero-order valence-corrected chi connectivity index (χ0v) is 8.05. The van der Waals surface area contributed by atoms with Crippen molar-refractivity contribution in [1.29, 1.82) is 0 Å². The van der Waals surface area contributed by atoms with Crippen molar-refractivity contribution >= 4 is 0 Å². The van der Waals surface area contributed by atoms with Crippen LogP contribution >= 0.6 is 0 Å². The molecule has 72 valence electrons. The smallest absolute Gasteiger partial charge is 0.141 e. The number of rotatable bonds is 2. The first kappa shape index (κ1) is 8.75. The lowest BCUT2D eigenvalue weighted by atomic mass is 9.97. The largest absolute Gasteiger partial charge is 0.361 e. The normalized spacial score (nSPS) is 23.3. The average molecular weight is 180 g/mol. The van der Waals surface area contributed by atoms with Gasteiger partial charge in [-0.25, -0.2) is 0 Å². The first-order valence-electron chi connectivity index (χ1n) is 5.06. The second-order valence-electron chi connectivity index (χ2n) is 3.62. The summed E-state index contributed by atoms with van der Waals surface area (Å²) >= 11 is 0. The van der Waals surface area contributed by atoms with Crippen LogP contribution < -0.4 is 5.32 Å². The Hall–Kier alpha value is -0.830. The number of nitrogens with one attached hydrogen (secondary N) is 1. The molecule has 1 saturated heterocycles. The van der Waals surface area contributed by atoms with Crippen LogP contribution in [-0.4, -0.2) is 18.2 Å². The molecule has 0 saturated carbocycles.